The maximum atomic E-state index is 10.9. The van der Waals surface area contributed by atoms with Crippen LogP contribution >= 0.6 is 0 Å². The van der Waals surface area contributed by atoms with Crippen LogP contribution in [0.25, 0.3) is 0 Å². The van der Waals surface area contributed by atoms with Crippen LogP contribution in [0.3, 0.4) is 0 Å². The van der Waals surface area contributed by atoms with Crippen LogP contribution in [0, 0.1) is 0 Å². The molecular weight excluding hydrogens is 208 g/mol. The molecule has 6 nitrogen and oxygen atoms in total. The summed E-state index contributed by atoms with van der Waals surface area (Å²) in [5, 5.41) is 11.7. The summed E-state index contributed by atoms with van der Waals surface area (Å²) in [6.45, 7) is 0. The third-order valence-electron chi connectivity index (χ3n) is 1.84. The highest BCUT2D eigenvalue weighted by Gasteiger charge is 2.10. The largest absolute Gasteiger partial charge is 0.476 e. The van der Waals surface area contributed by atoms with Crippen LogP contribution < -0.4 is 5.32 Å². The summed E-state index contributed by atoms with van der Waals surface area (Å²) in [5.41, 5.74) is 0.337. The van der Waals surface area contributed by atoms with Crippen LogP contribution in [-0.4, -0.2) is 26.0 Å². The number of anilines is 2. The van der Waals surface area contributed by atoms with Crippen LogP contribution in [0.2, 0.25) is 0 Å². The Balaban J connectivity index is 2.31. The Morgan fingerprint density at radius 3 is 2.81 bits per heavy atom. The van der Waals surface area contributed by atoms with Crippen molar-refractivity contribution >= 4 is 17.5 Å². The van der Waals surface area contributed by atoms with Gasteiger partial charge in [-0.1, -0.05) is 0 Å². The second kappa shape index (κ2) is 4.35. The first-order valence-electron chi connectivity index (χ1n) is 4.49. The lowest BCUT2D eigenvalue weighted by atomic mass is 10.3. The molecule has 0 bridgehead atoms. The van der Waals surface area contributed by atoms with E-state index in [4.69, 9.17) is 5.11 Å². The highest BCUT2D eigenvalue weighted by molar-refractivity contribution is 5.92. The Hall–Kier alpha value is -2.50. The zero-order valence-electron chi connectivity index (χ0n) is 8.16. The first kappa shape index (κ1) is 10.0. The standard InChI is InChI=1S/C10H8N4O2/c15-10(16)9-7(2-1-3-13-9)14-8-6-11-4-5-12-8/h1-6H,(H,12,14)(H,15,16). The van der Waals surface area contributed by atoms with Crippen molar-refractivity contribution in [2.24, 2.45) is 0 Å². The number of aromatic nitrogens is 3. The molecule has 0 aliphatic carbocycles. The van der Waals surface area contributed by atoms with Crippen molar-refractivity contribution in [3.63, 3.8) is 0 Å². The molecule has 0 aromatic carbocycles. The predicted octanol–water partition coefficient (Wildman–Crippen LogP) is 1.31. The summed E-state index contributed by atoms with van der Waals surface area (Å²) in [6, 6.07) is 3.26. The minimum Gasteiger partial charge on any atom is -0.476 e. The first-order chi connectivity index (χ1) is 7.77. The topological polar surface area (TPSA) is 88.0 Å². The molecule has 0 fully saturated rings. The van der Waals surface area contributed by atoms with Gasteiger partial charge in [-0.15, -0.1) is 0 Å². The van der Waals surface area contributed by atoms with Crippen LogP contribution in [0.1, 0.15) is 10.5 Å². The predicted molar refractivity (Wildman–Crippen MR) is 56.5 cm³/mol. The van der Waals surface area contributed by atoms with Gasteiger partial charge in [-0.25, -0.2) is 14.8 Å². The van der Waals surface area contributed by atoms with Crippen molar-refractivity contribution in [1.29, 1.82) is 0 Å². The zero-order valence-corrected chi connectivity index (χ0v) is 8.16. The van der Waals surface area contributed by atoms with Crippen molar-refractivity contribution in [2.75, 3.05) is 5.32 Å². The highest BCUT2D eigenvalue weighted by Crippen LogP contribution is 2.16. The SMILES string of the molecule is O=C(O)c1ncccc1Nc1cnccn1. The van der Waals surface area contributed by atoms with Crippen molar-refractivity contribution in [2.45, 2.75) is 0 Å². The Kier molecular flexibility index (Phi) is 2.73. The van der Waals surface area contributed by atoms with E-state index in [-0.39, 0.29) is 5.69 Å². The number of hydrogen-bond donors (Lipinski definition) is 2. The molecule has 0 saturated carbocycles. The number of carbonyl (C=O) groups is 1. The van der Waals surface area contributed by atoms with E-state index in [1.165, 1.54) is 24.8 Å². The summed E-state index contributed by atoms with van der Waals surface area (Å²) in [4.78, 5) is 22.5. The molecular formula is C10H8N4O2. The summed E-state index contributed by atoms with van der Waals surface area (Å²) >= 11 is 0. The van der Waals surface area contributed by atoms with Gasteiger partial charge in [0.2, 0.25) is 0 Å². The molecule has 2 heterocycles. The van der Waals surface area contributed by atoms with Crippen LogP contribution in [0.15, 0.2) is 36.9 Å². The molecule has 0 amide bonds. The van der Waals surface area contributed by atoms with Gasteiger partial charge < -0.3 is 10.4 Å². The van der Waals surface area contributed by atoms with Crippen molar-refractivity contribution in [1.82, 2.24) is 15.0 Å². The van der Waals surface area contributed by atoms with Gasteiger partial charge in [0.25, 0.3) is 0 Å². The van der Waals surface area contributed by atoms with Crippen molar-refractivity contribution in [3.05, 3.63) is 42.6 Å². The normalized spacial score (nSPS) is 9.75. The fraction of sp³-hybridized carbons (Fsp3) is 0. The molecule has 0 aliphatic rings. The number of nitrogens with one attached hydrogen (secondary N) is 1. The Morgan fingerprint density at radius 1 is 1.25 bits per heavy atom. The highest BCUT2D eigenvalue weighted by atomic mass is 16.4. The summed E-state index contributed by atoms with van der Waals surface area (Å²) in [7, 11) is 0. The third kappa shape index (κ3) is 2.11. The van der Waals surface area contributed by atoms with Gasteiger partial charge >= 0.3 is 5.97 Å². The maximum Gasteiger partial charge on any atom is 0.356 e. The number of carboxylic acids is 1. The molecule has 2 N–H and O–H groups in total. The van der Waals surface area contributed by atoms with Crippen LogP contribution in [-0.2, 0) is 0 Å². The fourth-order valence-electron chi connectivity index (χ4n) is 1.18. The number of pyridine rings is 1. The van der Waals surface area contributed by atoms with Crippen molar-refractivity contribution in [3.8, 4) is 0 Å². The molecule has 16 heavy (non-hydrogen) atoms. The monoisotopic (exact) mass is 216 g/mol. The molecule has 0 unspecified atom stereocenters. The average Bonchev–Trinajstić information content (AvgIpc) is 2.31. The smallest absolute Gasteiger partial charge is 0.356 e. The lowest BCUT2D eigenvalue weighted by Gasteiger charge is -2.06. The molecule has 0 radical (unpaired) electrons. The molecule has 0 saturated heterocycles. The summed E-state index contributed by atoms with van der Waals surface area (Å²) in [5.74, 6) is -0.620. The van der Waals surface area contributed by atoms with Gasteiger partial charge in [0.15, 0.2) is 5.69 Å². The van der Waals surface area contributed by atoms with E-state index in [1.807, 2.05) is 0 Å². The molecule has 0 aliphatic heterocycles. The van der Waals surface area contributed by atoms with E-state index in [0.29, 0.717) is 11.5 Å². The Morgan fingerprint density at radius 2 is 2.12 bits per heavy atom. The molecule has 0 atom stereocenters. The zero-order chi connectivity index (χ0) is 11.4. The van der Waals surface area contributed by atoms with Crippen LogP contribution in [0.4, 0.5) is 11.5 Å². The summed E-state index contributed by atoms with van der Waals surface area (Å²) in [6.07, 6.45) is 5.97. The van der Waals surface area contributed by atoms with E-state index >= 15 is 0 Å². The van der Waals surface area contributed by atoms with E-state index in [9.17, 15) is 4.79 Å². The number of hydrogen-bond acceptors (Lipinski definition) is 5. The number of nitrogens with zero attached hydrogens (tertiary/aromatic N) is 3. The van der Waals surface area contributed by atoms with E-state index in [0.717, 1.165) is 0 Å². The quantitative estimate of drug-likeness (QED) is 0.804. The molecule has 80 valence electrons. The summed E-state index contributed by atoms with van der Waals surface area (Å²) < 4.78 is 0. The number of rotatable bonds is 3. The van der Waals surface area contributed by atoms with Gasteiger partial charge in [-0.05, 0) is 12.1 Å². The molecule has 6 heteroatoms. The molecule has 0 spiro atoms. The van der Waals surface area contributed by atoms with Crippen molar-refractivity contribution < 1.29 is 9.90 Å². The minimum absolute atomic E-state index is 0.0480. The van der Waals surface area contributed by atoms with E-state index in [1.54, 1.807) is 12.1 Å². The number of aromatic carboxylic acids is 1. The third-order valence-corrected chi connectivity index (χ3v) is 1.84. The Labute approximate surface area is 91.0 Å². The van der Waals surface area contributed by atoms with Gasteiger partial charge in [0.1, 0.15) is 5.82 Å². The second-order valence-electron chi connectivity index (χ2n) is 2.92. The maximum absolute atomic E-state index is 10.9. The first-order valence-corrected chi connectivity index (χ1v) is 4.49. The van der Waals surface area contributed by atoms with Gasteiger partial charge in [-0.2, -0.15) is 0 Å². The van der Waals surface area contributed by atoms with Gasteiger partial charge in [0, 0.05) is 18.6 Å². The van der Waals surface area contributed by atoms with E-state index < -0.39 is 5.97 Å². The lowest BCUT2D eigenvalue weighted by Crippen LogP contribution is -2.05. The minimum atomic E-state index is -1.09. The van der Waals surface area contributed by atoms with Crippen LogP contribution in [0.5, 0.6) is 0 Å². The Bertz CT molecular complexity index is 501. The molecule has 2 aromatic rings. The second-order valence-corrected chi connectivity index (χ2v) is 2.92. The van der Waals surface area contributed by atoms with Gasteiger partial charge in [0.05, 0.1) is 11.9 Å². The number of carboxylic acid groups (broad SMARTS) is 1. The molecule has 2 aromatic heterocycles. The average molecular weight is 216 g/mol. The lowest BCUT2D eigenvalue weighted by molar-refractivity contribution is 0.0691. The molecule has 2 rings (SSSR count). The van der Waals surface area contributed by atoms with E-state index in [2.05, 4.69) is 20.3 Å². The fourth-order valence-corrected chi connectivity index (χ4v) is 1.18. The van der Waals surface area contributed by atoms with Gasteiger partial charge in [-0.3, -0.25) is 4.98 Å².